The molecule has 4 nitrogen and oxygen atoms in total. The summed E-state index contributed by atoms with van der Waals surface area (Å²) in [4.78, 5) is 0. The van der Waals surface area contributed by atoms with Crippen molar-refractivity contribution >= 4 is 7.82 Å². The molecule has 0 spiro atoms. The van der Waals surface area contributed by atoms with Crippen LogP contribution in [0.5, 0.6) is 0 Å². The van der Waals surface area contributed by atoms with Crippen LogP contribution >= 0.6 is 7.82 Å². The van der Waals surface area contributed by atoms with E-state index in [2.05, 4.69) is 20.8 Å². The number of unbranched alkanes of at least 4 members (excludes halogenated alkanes) is 21. The first-order chi connectivity index (χ1) is 17.2. The van der Waals surface area contributed by atoms with Crippen molar-refractivity contribution in [2.75, 3.05) is 19.8 Å². The molecule has 5 heteroatoms. The summed E-state index contributed by atoms with van der Waals surface area (Å²) in [5.74, 6) is 0. The van der Waals surface area contributed by atoms with Gasteiger partial charge in [0.25, 0.3) is 0 Å². The molecule has 0 fully saturated rings. The standard InChI is InChI=1S/C30H63O4P/c1-4-7-10-13-14-15-16-17-18-19-20-21-22-23-24-27-30-34-35(31,32-28-25-11-8-5-2)33-29-26-12-9-6-3/h4-30H2,1-3H3. The summed E-state index contributed by atoms with van der Waals surface area (Å²) in [5, 5.41) is 0. The third kappa shape index (κ3) is 27.0. The van der Waals surface area contributed by atoms with E-state index in [0.29, 0.717) is 19.8 Å². The number of hydrogen-bond donors (Lipinski definition) is 0. The second kappa shape index (κ2) is 28.7. The van der Waals surface area contributed by atoms with Gasteiger partial charge in [0.1, 0.15) is 0 Å². The summed E-state index contributed by atoms with van der Waals surface area (Å²) in [6.07, 6.45) is 30.3. The molecule has 0 aliphatic rings. The summed E-state index contributed by atoms with van der Waals surface area (Å²) in [6, 6.07) is 0. The molecule has 0 unspecified atom stereocenters. The first-order valence-corrected chi connectivity index (χ1v) is 17.2. The number of hydrogen-bond acceptors (Lipinski definition) is 4. The van der Waals surface area contributed by atoms with Gasteiger partial charge in [-0.1, -0.05) is 156 Å². The highest BCUT2D eigenvalue weighted by Gasteiger charge is 2.26. The Hall–Kier alpha value is 0.110. The van der Waals surface area contributed by atoms with E-state index in [9.17, 15) is 4.57 Å². The average Bonchev–Trinajstić information content (AvgIpc) is 2.86. The molecule has 0 aliphatic heterocycles. The second-order valence-electron chi connectivity index (χ2n) is 10.4. The van der Waals surface area contributed by atoms with Gasteiger partial charge in [-0.3, -0.25) is 13.6 Å². The molecule has 0 aromatic rings. The van der Waals surface area contributed by atoms with Gasteiger partial charge in [-0.05, 0) is 19.3 Å². The first kappa shape index (κ1) is 35.1. The van der Waals surface area contributed by atoms with E-state index in [4.69, 9.17) is 13.6 Å². The van der Waals surface area contributed by atoms with Crippen molar-refractivity contribution in [3.8, 4) is 0 Å². The Morgan fingerprint density at radius 3 is 0.800 bits per heavy atom. The summed E-state index contributed by atoms with van der Waals surface area (Å²) < 4.78 is 29.9. The molecule has 0 bridgehead atoms. The van der Waals surface area contributed by atoms with Crippen molar-refractivity contribution in [3.05, 3.63) is 0 Å². The second-order valence-corrected chi connectivity index (χ2v) is 12.0. The van der Waals surface area contributed by atoms with Gasteiger partial charge >= 0.3 is 7.82 Å². The fraction of sp³-hybridized carbons (Fsp3) is 1.00. The van der Waals surface area contributed by atoms with Crippen LogP contribution in [0.2, 0.25) is 0 Å². The lowest BCUT2D eigenvalue weighted by Crippen LogP contribution is -2.04. The summed E-state index contributed by atoms with van der Waals surface area (Å²) in [5.41, 5.74) is 0. The van der Waals surface area contributed by atoms with Gasteiger partial charge in [-0.2, -0.15) is 0 Å². The van der Waals surface area contributed by atoms with Crippen molar-refractivity contribution in [1.82, 2.24) is 0 Å². The average molecular weight is 519 g/mol. The van der Waals surface area contributed by atoms with Crippen molar-refractivity contribution < 1.29 is 18.1 Å². The van der Waals surface area contributed by atoms with Crippen molar-refractivity contribution in [2.24, 2.45) is 0 Å². The van der Waals surface area contributed by atoms with Gasteiger partial charge in [0.2, 0.25) is 0 Å². The molecule has 0 aromatic heterocycles. The van der Waals surface area contributed by atoms with Crippen LogP contribution in [-0.4, -0.2) is 19.8 Å². The zero-order valence-electron chi connectivity index (χ0n) is 24.2. The van der Waals surface area contributed by atoms with Crippen LogP contribution in [0, 0.1) is 0 Å². The van der Waals surface area contributed by atoms with Crippen molar-refractivity contribution in [2.45, 2.75) is 175 Å². The zero-order chi connectivity index (χ0) is 25.7. The Kier molecular flexibility index (Phi) is 28.8. The molecule has 0 N–H and O–H groups in total. The molecule has 212 valence electrons. The molecule has 0 amide bonds. The molecule has 0 saturated heterocycles. The maximum Gasteiger partial charge on any atom is 0.474 e. The van der Waals surface area contributed by atoms with Crippen LogP contribution in [0.25, 0.3) is 0 Å². The minimum Gasteiger partial charge on any atom is -0.287 e. The smallest absolute Gasteiger partial charge is 0.287 e. The highest BCUT2D eigenvalue weighted by atomic mass is 31.2. The van der Waals surface area contributed by atoms with E-state index in [1.54, 1.807) is 0 Å². The van der Waals surface area contributed by atoms with E-state index in [1.807, 2.05) is 0 Å². The lowest BCUT2D eigenvalue weighted by atomic mass is 10.0. The quantitative estimate of drug-likeness (QED) is 0.0700. The number of rotatable bonds is 30. The Morgan fingerprint density at radius 1 is 0.343 bits per heavy atom. The van der Waals surface area contributed by atoms with Crippen LogP contribution in [0.1, 0.15) is 175 Å². The highest BCUT2D eigenvalue weighted by molar-refractivity contribution is 7.48. The van der Waals surface area contributed by atoms with Crippen LogP contribution in [-0.2, 0) is 18.1 Å². The van der Waals surface area contributed by atoms with Gasteiger partial charge in [0, 0.05) is 0 Å². The fourth-order valence-corrected chi connectivity index (χ4v) is 5.63. The van der Waals surface area contributed by atoms with E-state index >= 15 is 0 Å². The van der Waals surface area contributed by atoms with Gasteiger partial charge in [0.05, 0.1) is 19.8 Å². The largest absolute Gasteiger partial charge is 0.474 e. The minimum absolute atomic E-state index is 0.463. The van der Waals surface area contributed by atoms with Gasteiger partial charge in [-0.25, -0.2) is 4.57 Å². The minimum atomic E-state index is -3.41. The molecule has 0 radical (unpaired) electrons. The van der Waals surface area contributed by atoms with Crippen LogP contribution in [0.3, 0.4) is 0 Å². The molecule has 0 saturated carbocycles. The van der Waals surface area contributed by atoms with E-state index in [1.165, 1.54) is 116 Å². The topological polar surface area (TPSA) is 44.8 Å². The Labute approximate surface area is 220 Å². The predicted molar refractivity (Wildman–Crippen MR) is 153 cm³/mol. The summed E-state index contributed by atoms with van der Waals surface area (Å²) in [7, 11) is -3.41. The van der Waals surface area contributed by atoms with Crippen LogP contribution in [0.4, 0.5) is 0 Å². The molecular formula is C30H63O4P. The van der Waals surface area contributed by atoms with Crippen LogP contribution < -0.4 is 0 Å². The lowest BCUT2D eigenvalue weighted by Gasteiger charge is -2.18. The van der Waals surface area contributed by atoms with Crippen LogP contribution in [0.15, 0.2) is 0 Å². The first-order valence-electron chi connectivity index (χ1n) is 15.7. The van der Waals surface area contributed by atoms with Gasteiger partial charge in [0.15, 0.2) is 0 Å². The molecule has 0 aliphatic carbocycles. The normalized spacial score (nSPS) is 12.0. The van der Waals surface area contributed by atoms with Gasteiger partial charge in [-0.15, -0.1) is 0 Å². The van der Waals surface area contributed by atoms with Crippen molar-refractivity contribution in [3.63, 3.8) is 0 Å². The third-order valence-corrected chi connectivity index (χ3v) is 8.24. The zero-order valence-corrected chi connectivity index (χ0v) is 25.1. The molecule has 0 aromatic carbocycles. The fourth-order valence-electron chi connectivity index (χ4n) is 4.35. The number of phosphoric acid groups is 1. The predicted octanol–water partition coefficient (Wildman–Crippen LogP) is 11.6. The van der Waals surface area contributed by atoms with E-state index < -0.39 is 7.82 Å². The van der Waals surface area contributed by atoms with E-state index in [-0.39, 0.29) is 0 Å². The molecule has 0 rings (SSSR count). The summed E-state index contributed by atoms with van der Waals surface area (Å²) in [6.45, 7) is 8.06. The molecule has 0 atom stereocenters. The third-order valence-electron chi connectivity index (χ3n) is 6.74. The monoisotopic (exact) mass is 518 g/mol. The maximum absolute atomic E-state index is 13.0. The molecule has 35 heavy (non-hydrogen) atoms. The molecule has 0 heterocycles. The highest BCUT2D eigenvalue weighted by Crippen LogP contribution is 2.50. The Balaban J connectivity index is 3.69. The SMILES string of the molecule is CCCCCCCCCCCCCCCCCCOP(=O)(OCCCCCC)OCCCCCC. The van der Waals surface area contributed by atoms with Gasteiger partial charge < -0.3 is 0 Å². The number of phosphoric ester groups is 1. The lowest BCUT2D eigenvalue weighted by molar-refractivity contribution is 0.108. The summed E-state index contributed by atoms with van der Waals surface area (Å²) >= 11 is 0. The Bertz CT molecular complexity index is 426. The van der Waals surface area contributed by atoms with Crippen molar-refractivity contribution in [1.29, 1.82) is 0 Å². The molecular weight excluding hydrogens is 455 g/mol. The Morgan fingerprint density at radius 2 is 0.543 bits per heavy atom. The van der Waals surface area contributed by atoms with E-state index in [0.717, 1.165) is 38.5 Å². The maximum atomic E-state index is 13.0.